The van der Waals surface area contributed by atoms with E-state index in [1.54, 1.807) is 12.4 Å². The summed E-state index contributed by atoms with van der Waals surface area (Å²) in [6, 6.07) is 9.91. The van der Waals surface area contributed by atoms with Crippen molar-refractivity contribution in [1.29, 1.82) is 0 Å². The number of hydrogen-bond donors (Lipinski definition) is 3. The van der Waals surface area contributed by atoms with E-state index in [-0.39, 0.29) is 6.10 Å². The monoisotopic (exact) mass is 336 g/mol. The van der Waals surface area contributed by atoms with Crippen molar-refractivity contribution in [2.75, 3.05) is 23.3 Å². The molecule has 0 saturated carbocycles. The first kappa shape index (κ1) is 15.6. The third kappa shape index (κ3) is 3.61. The van der Waals surface area contributed by atoms with Gasteiger partial charge in [-0.1, -0.05) is 12.1 Å². The second-order valence-corrected chi connectivity index (χ2v) is 6.17. The minimum absolute atomic E-state index is 0.282. The molecule has 0 aliphatic carbocycles. The smallest absolute Gasteiger partial charge is 0.229 e. The van der Waals surface area contributed by atoms with Gasteiger partial charge in [0.15, 0.2) is 0 Å². The van der Waals surface area contributed by atoms with E-state index >= 15 is 0 Å². The third-order valence-electron chi connectivity index (χ3n) is 4.33. The molecule has 1 unspecified atom stereocenters. The van der Waals surface area contributed by atoms with Gasteiger partial charge < -0.3 is 15.3 Å². The van der Waals surface area contributed by atoms with Crippen molar-refractivity contribution in [2.24, 2.45) is 0 Å². The van der Waals surface area contributed by atoms with Crippen LogP contribution in [-0.2, 0) is 0 Å². The van der Waals surface area contributed by atoms with Crippen LogP contribution >= 0.6 is 0 Å². The molecule has 3 N–H and O–H groups in total. The second-order valence-electron chi connectivity index (χ2n) is 6.17. The first-order valence-corrected chi connectivity index (χ1v) is 8.40. The van der Waals surface area contributed by atoms with E-state index in [9.17, 15) is 5.11 Å². The summed E-state index contributed by atoms with van der Waals surface area (Å²) in [5.41, 5.74) is 3.06. The zero-order valence-electron chi connectivity index (χ0n) is 13.8. The van der Waals surface area contributed by atoms with Crippen LogP contribution in [0.3, 0.4) is 0 Å². The van der Waals surface area contributed by atoms with Gasteiger partial charge in [0.2, 0.25) is 5.95 Å². The standard InChI is InChI=1S/C18H20N6O/c25-16-2-1-9-24(12-16)17-7-8-19-18(23-17)22-15-5-3-13(4-6-15)14-10-20-21-11-14/h3-8,10-11,16,25H,1-2,9,12H2,(H,20,21)(H,19,22,23). The van der Waals surface area contributed by atoms with Gasteiger partial charge in [0.1, 0.15) is 5.82 Å². The summed E-state index contributed by atoms with van der Waals surface area (Å²) in [5, 5.41) is 19.9. The number of hydrogen-bond acceptors (Lipinski definition) is 6. The van der Waals surface area contributed by atoms with Crippen LogP contribution in [0.5, 0.6) is 0 Å². The molecule has 0 spiro atoms. The lowest BCUT2D eigenvalue weighted by Crippen LogP contribution is -2.38. The molecule has 7 nitrogen and oxygen atoms in total. The summed E-state index contributed by atoms with van der Waals surface area (Å²) in [7, 11) is 0. The van der Waals surface area contributed by atoms with Gasteiger partial charge in [-0.2, -0.15) is 10.1 Å². The maximum atomic E-state index is 9.84. The molecule has 1 saturated heterocycles. The van der Waals surface area contributed by atoms with Crippen LogP contribution in [-0.4, -0.2) is 44.5 Å². The third-order valence-corrected chi connectivity index (χ3v) is 4.33. The number of benzene rings is 1. The zero-order valence-corrected chi connectivity index (χ0v) is 13.8. The van der Waals surface area contributed by atoms with E-state index in [4.69, 9.17) is 0 Å². The highest BCUT2D eigenvalue weighted by molar-refractivity contribution is 5.66. The summed E-state index contributed by atoms with van der Waals surface area (Å²) in [4.78, 5) is 11.0. The van der Waals surface area contributed by atoms with E-state index in [2.05, 4.69) is 30.4 Å². The quantitative estimate of drug-likeness (QED) is 0.678. The SMILES string of the molecule is OC1CCCN(c2ccnc(Nc3ccc(-c4cn[nH]c4)cc3)n2)C1. The van der Waals surface area contributed by atoms with Crippen molar-refractivity contribution < 1.29 is 5.11 Å². The van der Waals surface area contributed by atoms with E-state index in [0.29, 0.717) is 12.5 Å². The Morgan fingerprint density at radius 1 is 1.16 bits per heavy atom. The maximum Gasteiger partial charge on any atom is 0.229 e. The summed E-state index contributed by atoms with van der Waals surface area (Å²) in [6.07, 6.45) is 6.95. The molecule has 2 aromatic heterocycles. The van der Waals surface area contributed by atoms with Crippen molar-refractivity contribution in [3.63, 3.8) is 0 Å². The van der Waals surface area contributed by atoms with Gasteiger partial charge in [-0.05, 0) is 36.6 Å². The minimum atomic E-state index is -0.282. The van der Waals surface area contributed by atoms with Gasteiger partial charge in [-0.25, -0.2) is 4.98 Å². The van der Waals surface area contributed by atoms with E-state index < -0.39 is 0 Å². The number of anilines is 3. The fourth-order valence-corrected chi connectivity index (χ4v) is 3.03. The minimum Gasteiger partial charge on any atom is -0.391 e. The average molecular weight is 336 g/mol. The summed E-state index contributed by atoms with van der Waals surface area (Å²) < 4.78 is 0. The molecule has 7 heteroatoms. The van der Waals surface area contributed by atoms with Crippen LogP contribution in [0.4, 0.5) is 17.5 Å². The van der Waals surface area contributed by atoms with Gasteiger partial charge in [0.05, 0.1) is 12.3 Å². The largest absolute Gasteiger partial charge is 0.391 e. The number of aromatic amines is 1. The number of β-amino-alcohol motifs (C(OH)–C–C–N with tert-alkyl or cyclic N) is 1. The van der Waals surface area contributed by atoms with Crippen LogP contribution in [0.2, 0.25) is 0 Å². The highest BCUT2D eigenvalue weighted by atomic mass is 16.3. The molecule has 1 fully saturated rings. The molecule has 3 aromatic rings. The van der Waals surface area contributed by atoms with Crippen molar-refractivity contribution >= 4 is 17.5 Å². The number of nitrogens with one attached hydrogen (secondary N) is 2. The number of rotatable bonds is 4. The Morgan fingerprint density at radius 3 is 2.80 bits per heavy atom. The molecule has 1 aliphatic rings. The van der Waals surface area contributed by atoms with Gasteiger partial charge in [0, 0.05) is 36.7 Å². The Balaban J connectivity index is 1.48. The molecular formula is C18H20N6O. The molecular weight excluding hydrogens is 316 g/mol. The van der Waals surface area contributed by atoms with E-state index in [1.807, 2.05) is 36.5 Å². The molecule has 1 aliphatic heterocycles. The predicted octanol–water partition coefficient (Wildman–Crippen LogP) is 2.57. The summed E-state index contributed by atoms with van der Waals surface area (Å²) in [5.74, 6) is 1.39. The maximum absolute atomic E-state index is 9.84. The van der Waals surface area contributed by atoms with Crippen molar-refractivity contribution in [3.05, 3.63) is 48.9 Å². The first-order chi connectivity index (χ1) is 12.3. The lowest BCUT2D eigenvalue weighted by molar-refractivity contribution is 0.154. The Hall–Kier alpha value is -2.93. The van der Waals surface area contributed by atoms with Crippen LogP contribution in [0, 0.1) is 0 Å². The molecule has 25 heavy (non-hydrogen) atoms. The first-order valence-electron chi connectivity index (χ1n) is 8.40. The van der Waals surface area contributed by atoms with Crippen LogP contribution in [0.25, 0.3) is 11.1 Å². The van der Waals surface area contributed by atoms with E-state index in [1.165, 1.54) is 0 Å². The number of aliphatic hydroxyl groups excluding tert-OH is 1. The fraction of sp³-hybridized carbons (Fsp3) is 0.278. The van der Waals surface area contributed by atoms with Gasteiger partial charge in [-0.3, -0.25) is 5.10 Å². The topological polar surface area (TPSA) is 90.0 Å². The molecule has 0 radical (unpaired) electrons. The normalized spacial score (nSPS) is 17.5. The number of aliphatic hydroxyl groups is 1. The van der Waals surface area contributed by atoms with Crippen molar-refractivity contribution in [2.45, 2.75) is 18.9 Å². The number of aromatic nitrogens is 4. The van der Waals surface area contributed by atoms with E-state index in [0.717, 1.165) is 42.0 Å². The van der Waals surface area contributed by atoms with Crippen LogP contribution in [0.1, 0.15) is 12.8 Å². The zero-order chi connectivity index (χ0) is 17.1. The van der Waals surface area contributed by atoms with Crippen molar-refractivity contribution in [1.82, 2.24) is 20.2 Å². The van der Waals surface area contributed by atoms with Gasteiger partial charge >= 0.3 is 0 Å². The molecule has 0 bridgehead atoms. The predicted molar refractivity (Wildman–Crippen MR) is 96.8 cm³/mol. The lowest BCUT2D eigenvalue weighted by atomic mass is 10.1. The fourth-order valence-electron chi connectivity index (χ4n) is 3.03. The summed E-state index contributed by atoms with van der Waals surface area (Å²) >= 11 is 0. The van der Waals surface area contributed by atoms with Crippen LogP contribution in [0.15, 0.2) is 48.9 Å². The molecule has 4 rings (SSSR count). The van der Waals surface area contributed by atoms with Crippen molar-refractivity contribution in [3.8, 4) is 11.1 Å². The Labute approximate surface area is 145 Å². The highest BCUT2D eigenvalue weighted by Crippen LogP contribution is 2.23. The average Bonchev–Trinajstić information content (AvgIpc) is 3.17. The number of nitrogens with zero attached hydrogens (tertiary/aromatic N) is 4. The molecule has 3 heterocycles. The molecule has 0 amide bonds. The molecule has 1 atom stereocenters. The number of piperidine rings is 1. The van der Waals surface area contributed by atoms with Gasteiger partial charge in [0.25, 0.3) is 0 Å². The van der Waals surface area contributed by atoms with Gasteiger partial charge in [-0.15, -0.1) is 0 Å². The lowest BCUT2D eigenvalue weighted by Gasteiger charge is -2.31. The second kappa shape index (κ2) is 6.90. The van der Waals surface area contributed by atoms with Crippen LogP contribution < -0.4 is 10.2 Å². The molecule has 128 valence electrons. The Bertz CT molecular complexity index is 818. The highest BCUT2D eigenvalue weighted by Gasteiger charge is 2.19. The summed E-state index contributed by atoms with van der Waals surface area (Å²) in [6.45, 7) is 1.53. The molecule has 1 aromatic carbocycles. The number of H-pyrrole nitrogens is 1. The Morgan fingerprint density at radius 2 is 2.04 bits per heavy atom. The Kier molecular flexibility index (Phi) is 4.30.